The molecule has 1 aliphatic rings. The van der Waals surface area contributed by atoms with Gasteiger partial charge in [-0.3, -0.25) is 14.9 Å². The van der Waals surface area contributed by atoms with Gasteiger partial charge >= 0.3 is 11.7 Å². The molecule has 102 valence electrons. The highest BCUT2D eigenvalue weighted by Crippen LogP contribution is 2.36. The molecular formula is C12H15N3O4. The van der Waals surface area contributed by atoms with Crippen LogP contribution >= 0.6 is 0 Å². The Morgan fingerprint density at radius 1 is 1.63 bits per heavy atom. The number of pyridine rings is 1. The minimum atomic E-state index is -0.916. The minimum absolute atomic E-state index is 0.0280. The second-order valence-electron chi connectivity index (χ2n) is 4.63. The van der Waals surface area contributed by atoms with Crippen molar-refractivity contribution in [2.75, 3.05) is 11.4 Å². The lowest BCUT2D eigenvalue weighted by Crippen LogP contribution is -2.30. The van der Waals surface area contributed by atoms with Gasteiger partial charge in [0, 0.05) is 24.3 Å². The molecule has 0 aliphatic heterocycles. The number of hydrogen-bond donors (Lipinski definition) is 1. The summed E-state index contributed by atoms with van der Waals surface area (Å²) < 4.78 is 0. The number of carboxylic acid groups (broad SMARTS) is 1. The van der Waals surface area contributed by atoms with Crippen LogP contribution in [-0.4, -0.2) is 33.6 Å². The number of aryl methyl sites for hydroxylation is 1. The lowest BCUT2D eigenvalue weighted by molar-refractivity contribution is -0.384. The van der Waals surface area contributed by atoms with E-state index in [1.54, 1.807) is 17.9 Å². The molecular weight excluding hydrogens is 250 g/mol. The molecule has 1 saturated carbocycles. The van der Waals surface area contributed by atoms with E-state index in [0.717, 1.165) is 12.8 Å². The third-order valence-corrected chi connectivity index (χ3v) is 3.12. The second-order valence-corrected chi connectivity index (χ2v) is 4.63. The van der Waals surface area contributed by atoms with E-state index < -0.39 is 10.9 Å². The molecule has 1 heterocycles. The normalized spacial score (nSPS) is 14.2. The number of aliphatic carboxylic acids is 1. The molecule has 1 N–H and O–H groups in total. The van der Waals surface area contributed by atoms with Gasteiger partial charge in [0.25, 0.3) is 0 Å². The highest BCUT2D eigenvalue weighted by molar-refractivity contribution is 5.69. The van der Waals surface area contributed by atoms with Gasteiger partial charge < -0.3 is 10.0 Å². The molecule has 0 spiro atoms. The van der Waals surface area contributed by atoms with Crippen LogP contribution in [0.1, 0.15) is 24.8 Å². The molecule has 1 fully saturated rings. The van der Waals surface area contributed by atoms with Crippen molar-refractivity contribution in [1.29, 1.82) is 0 Å². The van der Waals surface area contributed by atoms with E-state index in [4.69, 9.17) is 5.11 Å². The molecule has 19 heavy (non-hydrogen) atoms. The van der Waals surface area contributed by atoms with Gasteiger partial charge in [0.15, 0.2) is 0 Å². The standard InChI is InChI=1S/C12H15N3O4/c1-8-4-6-13-12(11(8)15(18)19)14(9-2-3-9)7-5-10(16)17/h4,6,9H,2-3,5,7H2,1H3,(H,16,17). The van der Waals surface area contributed by atoms with Gasteiger partial charge in [-0.25, -0.2) is 4.98 Å². The number of nitro groups is 1. The number of carboxylic acids is 1. The van der Waals surface area contributed by atoms with Crippen molar-refractivity contribution < 1.29 is 14.8 Å². The molecule has 0 amide bonds. The molecule has 7 nitrogen and oxygen atoms in total. The molecule has 0 atom stereocenters. The lowest BCUT2D eigenvalue weighted by Gasteiger charge is -2.22. The monoisotopic (exact) mass is 265 g/mol. The van der Waals surface area contributed by atoms with E-state index in [0.29, 0.717) is 5.56 Å². The maximum atomic E-state index is 11.2. The number of carbonyl (C=O) groups is 1. The smallest absolute Gasteiger partial charge is 0.314 e. The molecule has 7 heteroatoms. The molecule has 1 aromatic heterocycles. The van der Waals surface area contributed by atoms with Gasteiger partial charge in [-0.15, -0.1) is 0 Å². The third kappa shape index (κ3) is 2.98. The first-order valence-corrected chi connectivity index (χ1v) is 6.09. The van der Waals surface area contributed by atoms with E-state index in [1.165, 1.54) is 6.20 Å². The summed E-state index contributed by atoms with van der Waals surface area (Å²) in [5.41, 5.74) is 0.510. The SMILES string of the molecule is Cc1ccnc(N(CCC(=O)O)C2CC2)c1[N+](=O)[O-]. The topological polar surface area (TPSA) is 96.6 Å². The van der Waals surface area contributed by atoms with E-state index in [1.807, 2.05) is 0 Å². The van der Waals surface area contributed by atoms with E-state index >= 15 is 0 Å². The number of rotatable bonds is 6. The highest BCUT2D eigenvalue weighted by Gasteiger charge is 2.34. The van der Waals surface area contributed by atoms with Gasteiger partial charge in [0.1, 0.15) is 0 Å². The number of hydrogen-bond acceptors (Lipinski definition) is 5. The number of anilines is 1. The van der Waals surface area contributed by atoms with Crippen molar-refractivity contribution in [3.05, 3.63) is 27.9 Å². The Kier molecular flexibility index (Phi) is 3.64. The molecule has 2 rings (SSSR count). The summed E-state index contributed by atoms with van der Waals surface area (Å²) in [4.78, 5) is 27.2. The Labute approximate surface area is 110 Å². The zero-order valence-corrected chi connectivity index (χ0v) is 10.6. The van der Waals surface area contributed by atoms with E-state index in [9.17, 15) is 14.9 Å². The molecule has 0 radical (unpaired) electrons. The average Bonchev–Trinajstić information content (AvgIpc) is 3.12. The second kappa shape index (κ2) is 5.21. The Bertz CT molecular complexity index is 514. The predicted molar refractivity (Wildman–Crippen MR) is 68.2 cm³/mol. The molecule has 1 aromatic rings. The molecule has 0 bridgehead atoms. The Morgan fingerprint density at radius 3 is 2.84 bits per heavy atom. The summed E-state index contributed by atoms with van der Waals surface area (Å²) >= 11 is 0. The van der Waals surface area contributed by atoms with Crippen LogP contribution in [0.4, 0.5) is 11.5 Å². The molecule has 0 saturated heterocycles. The fourth-order valence-electron chi connectivity index (χ4n) is 2.04. The van der Waals surface area contributed by atoms with Crippen LogP contribution in [0.2, 0.25) is 0 Å². The van der Waals surface area contributed by atoms with Crippen molar-refractivity contribution in [2.24, 2.45) is 0 Å². The van der Waals surface area contributed by atoms with E-state index in [2.05, 4.69) is 4.98 Å². The lowest BCUT2D eigenvalue weighted by atomic mass is 10.2. The van der Waals surface area contributed by atoms with Gasteiger partial charge in [0.2, 0.25) is 5.82 Å². The average molecular weight is 265 g/mol. The third-order valence-electron chi connectivity index (χ3n) is 3.12. The Balaban J connectivity index is 2.33. The molecule has 0 aromatic carbocycles. The summed E-state index contributed by atoms with van der Waals surface area (Å²) in [5.74, 6) is -0.630. The number of aromatic nitrogens is 1. The quantitative estimate of drug-likeness (QED) is 0.621. The zero-order valence-electron chi connectivity index (χ0n) is 10.6. The van der Waals surface area contributed by atoms with Crippen molar-refractivity contribution >= 4 is 17.5 Å². The van der Waals surface area contributed by atoms with Gasteiger partial charge in [-0.05, 0) is 25.8 Å². The predicted octanol–water partition coefficient (Wildman–Crippen LogP) is 1.74. The molecule has 0 unspecified atom stereocenters. The van der Waals surface area contributed by atoms with Crippen LogP contribution in [0, 0.1) is 17.0 Å². The van der Waals surface area contributed by atoms with E-state index in [-0.39, 0.29) is 30.5 Å². The summed E-state index contributed by atoms with van der Waals surface area (Å²) in [6, 6.07) is 1.76. The van der Waals surface area contributed by atoms with Crippen molar-refractivity contribution in [2.45, 2.75) is 32.2 Å². The molecule has 1 aliphatic carbocycles. The van der Waals surface area contributed by atoms with Gasteiger partial charge in [-0.1, -0.05) is 0 Å². The largest absolute Gasteiger partial charge is 0.481 e. The van der Waals surface area contributed by atoms with Crippen LogP contribution in [0.15, 0.2) is 12.3 Å². The van der Waals surface area contributed by atoms with Gasteiger partial charge in [-0.2, -0.15) is 0 Å². The van der Waals surface area contributed by atoms with Crippen LogP contribution in [0.5, 0.6) is 0 Å². The van der Waals surface area contributed by atoms with Crippen LogP contribution < -0.4 is 4.90 Å². The van der Waals surface area contributed by atoms with Crippen LogP contribution in [0.3, 0.4) is 0 Å². The first kappa shape index (κ1) is 13.3. The minimum Gasteiger partial charge on any atom is -0.481 e. The van der Waals surface area contributed by atoms with Crippen LogP contribution in [-0.2, 0) is 4.79 Å². The fraction of sp³-hybridized carbons (Fsp3) is 0.500. The van der Waals surface area contributed by atoms with Crippen molar-refractivity contribution in [1.82, 2.24) is 4.98 Å². The maximum Gasteiger partial charge on any atom is 0.314 e. The number of nitrogens with zero attached hydrogens (tertiary/aromatic N) is 3. The summed E-state index contributed by atoms with van der Waals surface area (Å²) in [6.45, 7) is 1.91. The summed E-state index contributed by atoms with van der Waals surface area (Å²) in [5, 5.41) is 19.9. The van der Waals surface area contributed by atoms with Crippen molar-refractivity contribution in [3.8, 4) is 0 Å². The fourth-order valence-corrected chi connectivity index (χ4v) is 2.04. The first-order chi connectivity index (χ1) is 9.00. The van der Waals surface area contributed by atoms with Crippen molar-refractivity contribution in [3.63, 3.8) is 0 Å². The Hall–Kier alpha value is -2.18. The zero-order chi connectivity index (χ0) is 14.0. The van der Waals surface area contributed by atoms with Gasteiger partial charge in [0.05, 0.1) is 11.3 Å². The maximum absolute atomic E-state index is 11.2. The first-order valence-electron chi connectivity index (χ1n) is 6.09. The Morgan fingerprint density at radius 2 is 2.32 bits per heavy atom. The summed E-state index contributed by atoms with van der Waals surface area (Å²) in [7, 11) is 0. The van der Waals surface area contributed by atoms with Crippen LogP contribution in [0.25, 0.3) is 0 Å². The summed E-state index contributed by atoms with van der Waals surface area (Å²) in [6.07, 6.45) is 3.32. The highest BCUT2D eigenvalue weighted by atomic mass is 16.6.